The van der Waals surface area contributed by atoms with E-state index in [1.165, 1.54) is 4.90 Å². The minimum atomic E-state index is -0.653. The monoisotopic (exact) mass is 417 g/mol. The number of hydrogen-bond donors (Lipinski definition) is 1. The van der Waals surface area contributed by atoms with E-state index >= 15 is 0 Å². The van der Waals surface area contributed by atoms with Crippen molar-refractivity contribution in [1.29, 1.82) is 0 Å². The van der Waals surface area contributed by atoms with E-state index in [1.807, 2.05) is 19.1 Å². The van der Waals surface area contributed by atoms with Gasteiger partial charge in [-0.1, -0.05) is 25.5 Å². The van der Waals surface area contributed by atoms with Crippen LogP contribution in [-0.4, -0.2) is 53.0 Å². The normalized spacial score (nSPS) is 18.3. The van der Waals surface area contributed by atoms with Crippen molar-refractivity contribution < 1.29 is 28.8 Å². The number of ether oxygens (including phenoxy) is 1. The highest BCUT2D eigenvalue weighted by Crippen LogP contribution is 2.28. The Morgan fingerprint density at radius 1 is 1.27 bits per heavy atom. The van der Waals surface area contributed by atoms with Gasteiger partial charge in [0.25, 0.3) is 5.91 Å². The number of hydrogen-bond acceptors (Lipinski definition) is 6. The van der Waals surface area contributed by atoms with Gasteiger partial charge in [-0.05, 0) is 37.0 Å². The van der Waals surface area contributed by atoms with Gasteiger partial charge in [0.05, 0.1) is 19.8 Å². The maximum absolute atomic E-state index is 12.9. The van der Waals surface area contributed by atoms with E-state index in [1.54, 1.807) is 13.0 Å². The summed E-state index contributed by atoms with van der Waals surface area (Å²) in [4.78, 5) is 55.7. The van der Waals surface area contributed by atoms with Crippen LogP contribution >= 0.6 is 0 Å². The number of hydroxylamine groups is 2. The zero-order chi connectivity index (χ0) is 21.7. The lowest BCUT2D eigenvalue weighted by molar-refractivity contribution is -0.143. The summed E-state index contributed by atoms with van der Waals surface area (Å²) in [6.07, 6.45) is 1.69. The number of unbranched alkanes of at least 4 members (excludes halogenated alkanes) is 1. The lowest BCUT2D eigenvalue weighted by Crippen LogP contribution is -2.52. The molecular weight excluding hydrogens is 390 g/mol. The summed E-state index contributed by atoms with van der Waals surface area (Å²) in [5, 5.41) is 3.46. The summed E-state index contributed by atoms with van der Waals surface area (Å²) >= 11 is 0. The lowest BCUT2D eigenvalue weighted by atomic mass is 10.0. The zero-order valence-electron chi connectivity index (χ0n) is 17.3. The van der Waals surface area contributed by atoms with E-state index in [4.69, 9.17) is 9.57 Å². The molecule has 0 saturated carbocycles. The van der Waals surface area contributed by atoms with Crippen molar-refractivity contribution in [2.24, 2.45) is 0 Å². The number of piperidine rings is 1. The SMILES string of the molecule is CCCCON(Cc1ccc2c(c1)C(=O)N(C1CCC(=O)NC1=O)C2)C(=O)OCC. The highest BCUT2D eigenvalue weighted by molar-refractivity contribution is 6.05. The molecule has 0 radical (unpaired) electrons. The van der Waals surface area contributed by atoms with Gasteiger partial charge >= 0.3 is 6.09 Å². The molecule has 9 heteroatoms. The Kier molecular flexibility index (Phi) is 7.04. The maximum atomic E-state index is 12.9. The zero-order valence-corrected chi connectivity index (χ0v) is 17.3. The molecule has 1 aromatic rings. The van der Waals surface area contributed by atoms with Gasteiger partial charge in [-0.25, -0.2) is 4.79 Å². The second-order valence-electron chi connectivity index (χ2n) is 7.31. The Morgan fingerprint density at radius 2 is 2.07 bits per heavy atom. The van der Waals surface area contributed by atoms with Crippen LogP contribution in [0.2, 0.25) is 0 Å². The minimum Gasteiger partial charge on any atom is -0.448 e. The second kappa shape index (κ2) is 9.71. The van der Waals surface area contributed by atoms with Gasteiger partial charge < -0.3 is 9.64 Å². The van der Waals surface area contributed by atoms with Gasteiger partial charge in [0, 0.05) is 18.5 Å². The van der Waals surface area contributed by atoms with Crippen LogP contribution in [0.15, 0.2) is 18.2 Å². The molecule has 1 unspecified atom stereocenters. The van der Waals surface area contributed by atoms with E-state index < -0.39 is 18.0 Å². The van der Waals surface area contributed by atoms with Crippen molar-refractivity contribution >= 4 is 23.8 Å². The fraction of sp³-hybridized carbons (Fsp3) is 0.524. The quantitative estimate of drug-likeness (QED) is 0.395. The Bertz CT molecular complexity index is 840. The number of amides is 4. The number of nitrogens with zero attached hydrogens (tertiary/aromatic N) is 2. The van der Waals surface area contributed by atoms with Crippen molar-refractivity contribution in [3.8, 4) is 0 Å². The van der Waals surface area contributed by atoms with Crippen LogP contribution < -0.4 is 5.32 Å². The predicted molar refractivity (Wildman–Crippen MR) is 106 cm³/mol. The number of fused-ring (bicyclic) bond motifs is 1. The Morgan fingerprint density at radius 3 is 2.77 bits per heavy atom. The first-order chi connectivity index (χ1) is 14.4. The molecule has 30 heavy (non-hydrogen) atoms. The summed E-state index contributed by atoms with van der Waals surface area (Å²) in [5.74, 6) is -1.01. The summed E-state index contributed by atoms with van der Waals surface area (Å²) < 4.78 is 5.05. The number of benzene rings is 1. The highest BCUT2D eigenvalue weighted by atomic mass is 16.7. The largest absolute Gasteiger partial charge is 0.448 e. The van der Waals surface area contributed by atoms with E-state index in [2.05, 4.69) is 5.32 Å². The number of carbonyl (C=O) groups excluding carboxylic acids is 4. The van der Waals surface area contributed by atoms with Crippen LogP contribution in [0, 0.1) is 0 Å². The van der Waals surface area contributed by atoms with Crippen molar-refractivity contribution in [3.05, 3.63) is 34.9 Å². The third kappa shape index (κ3) is 4.79. The van der Waals surface area contributed by atoms with Crippen LogP contribution in [0.3, 0.4) is 0 Å². The first-order valence-electron chi connectivity index (χ1n) is 10.3. The van der Waals surface area contributed by atoms with E-state index in [0.29, 0.717) is 25.1 Å². The van der Waals surface area contributed by atoms with E-state index in [-0.39, 0.29) is 31.4 Å². The molecule has 9 nitrogen and oxygen atoms in total. The van der Waals surface area contributed by atoms with E-state index in [9.17, 15) is 19.2 Å². The smallest absolute Gasteiger partial charge is 0.434 e. The van der Waals surface area contributed by atoms with Gasteiger partial charge in [0.2, 0.25) is 11.8 Å². The Labute approximate surface area is 175 Å². The van der Waals surface area contributed by atoms with Gasteiger partial charge in [0.1, 0.15) is 6.04 Å². The molecule has 0 spiro atoms. The molecule has 0 bridgehead atoms. The minimum absolute atomic E-state index is 0.140. The number of nitrogens with one attached hydrogen (secondary N) is 1. The molecule has 0 aromatic heterocycles. The molecule has 1 fully saturated rings. The number of carbonyl (C=O) groups is 4. The second-order valence-corrected chi connectivity index (χ2v) is 7.31. The molecular formula is C21H27N3O6. The first kappa shape index (κ1) is 21.8. The lowest BCUT2D eigenvalue weighted by Gasteiger charge is -2.29. The molecule has 2 aliphatic rings. The van der Waals surface area contributed by atoms with Gasteiger partial charge in [0.15, 0.2) is 0 Å². The summed E-state index contributed by atoms with van der Waals surface area (Å²) in [6.45, 7) is 4.83. The average Bonchev–Trinajstić information content (AvgIpc) is 3.03. The predicted octanol–water partition coefficient (Wildman–Crippen LogP) is 2.14. The van der Waals surface area contributed by atoms with Crippen molar-refractivity contribution in [2.75, 3.05) is 13.2 Å². The van der Waals surface area contributed by atoms with Crippen LogP contribution in [0.1, 0.15) is 61.0 Å². The molecule has 2 heterocycles. The van der Waals surface area contributed by atoms with Crippen LogP contribution in [-0.2, 0) is 32.3 Å². The fourth-order valence-corrected chi connectivity index (χ4v) is 3.54. The van der Waals surface area contributed by atoms with Gasteiger partial charge in [-0.15, -0.1) is 0 Å². The van der Waals surface area contributed by atoms with Crippen molar-refractivity contribution in [1.82, 2.24) is 15.3 Å². The molecule has 4 amide bonds. The summed E-state index contributed by atoms with van der Waals surface area (Å²) in [5.41, 5.74) is 2.02. The molecule has 162 valence electrons. The van der Waals surface area contributed by atoms with Crippen LogP contribution in [0.25, 0.3) is 0 Å². The Balaban J connectivity index is 1.72. The average molecular weight is 417 g/mol. The van der Waals surface area contributed by atoms with Gasteiger partial charge in [-0.3, -0.25) is 24.5 Å². The molecule has 3 rings (SSSR count). The topological polar surface area (TPSA) is 105 Å². The van der Waals surface area contributed by atoms with Crippen molar-refractivity contribution in [2.45, 2.75) is 58.7 Å². The van der Waals surface area contributed by atoms with Crippen molar-refractivity contribution in [3.63, 3.8) is 0 Å². The standard InChI is InChI=1S/C21H27N3O6/c1-3-5-10-30-24(21(28)29-4-2)12-14-6-7-15-13-23(20(27)16(15)11-14)17-8-9-18(25)22-19(17)26/h6-7,11,17H,3-5,8-10,12-13H2,1-2H3,(H,22,25,26). The fourth-order valence-electron chi connectivity index (χ4n) is 3.54. The molecule has 0 aliphatic carbocycles. The third-order valence-corrected chi connectivity index (χ3v) is 5.14. The number of rotatable bonds is 8. The molecule has 1 aromatic carbocycles. The molecule has 1 N–H and O–H groups in total. The summed E-state index contributed by atoms with van der Waals surface area (Å²) in [7, 11) is 0. The highest BCUT2D eigenvalue weighted by Gasteiger charge is 2.39. The molecule has 1 saturated heterocycles. The summed E-state index contributed by atoms with van der Waals surface area (Å²) in [6, 6.07) is 4.72. The number of imide groups is 1. The first-order valence-corrected chi connectivity index (χ1v) is 10.3. The van der Waals surface area contributed by atoms with Crippen LogP contribution in [0.4, 0.5) is 4.79 Å². The van der Waals surface area contributed by atoms with Crippen LogP contribution in [0.5, 0.6) is 0 Å². The van der Waals surface area contributed by atoms with Gasteiger partial charge in [-0.2, -0.15) is 5.06 Å². The van der Waals surface area contributed by atoms with E-state index in [0.717, 1.165) is 29.0 Å². The third-order valence-electron chi connectivity index (χ3n) is 5.14. The Hall–Kier alpha value is -2.94. The maximum Gasteiger partial charge on any atom is 0.434 e. The molecule has 1 atom stereocenters. The molecule has 2 aliphatic heterocycles.